The molecule has 66 valence electrons. The first-order chi connectivity index (χ1) is 5.02. The van der Waals surface area contributed by atoms with Crippen LogP contribution in [-0.4, -0.2) is 19.3 Å². The van der Waals surface area contributed by atoms with E-state index in [0.717, 1.165) is 25.7 Å². The molecule has 0 aromatic rings. The van der Waals surface area contributed by atoms with Gasteiger partial charge in [0.1, 0.15) is 0 Å². The molecule has 0 aromatic carbocycles. The van der Waals surface area contributed by atoms with E-state index in [2.05, 4.69) is 47.8 Å². The highest BCUT2D eigenvalue weighted by atomic mass is 79.9. The normalized spacial score (nSPS) is 33.8. The third-order valence-electron chi connectivity index (χ3n) is 2.01. The first-order valence-corrected chi connectivity index (χ1v) is 6.07. The van der Waals surface area contributed by atoms with Crippen LogP contribution < -0.4 is 0 Å². The van der Waals surface area contributed by atoms with E-state index in [-0.39, 0.29) is 7.56 Å². The predicted molar refractivity (Wildman–Crippen MR) is 57.8 cm³/mol. The number of aliphatic hydroxyl groups excluding tert-OH is 1. The van der Waals surface area contributed by atoms with Crippen LogP contribution in [0.15, 0.2) is 0 Å². The average Bonchev–Trinajstić information content (AvgIpc) is 2.33. The number of hydrogen-bond acceptors (Lipinski definition) is 1. The van der Waals surface area contributed by atoms with Gasteiger partial charge in [-0.05, 0) is 25.7 Å². The summed E-state index contributed by atoms with van der Waals surface area (Å²) < 4.78 is 0.345. The summed E-state index contributed by atoms with van der Waals surface area (Å²) >= 11 is 10.8. The van der Waals surface area contributed by atoms with E-state index in [1.807, 2.05) is 0 Å². The van der Waals surface area contributed by atoms with Gasteiger partial charge in [-0.1, -0.05) is 47.8 Å². The van der Waals surface area contributed by atoms with E-state index < -0.39 is 0 Å². The lowest BCUT2D eigenvalue weighted by Gasteiger charge is -2.08. The lowest BCUT2D eigenvalue weighted by atomic mass is 10.2. The number of aliphatic hydroxyl groups is 1. The third kappa shape index (κ3) is 2.42. The molecule has 0 aliphatic heterocycles. The van der Waals surface area contributed by atoms with Gasteiger partial charge in [-0.15, -0.1) is 0 Å². The van der Waals surface area contributed by atoms with E-state index in [1.54, 1.807) is 0 Å². The van der Waals surface area contributed by atoms with Crippen molar-refractivity contribution in [2.45, 2.75) is 33.2 Å². The minimum atomic E-state index is 0.114. The number of halogens is 3. The summed E-state index contributed by atoms with van der Waals surface area (Å²) in [5.74, 6) is 0. The molecule has 1 atom stereocenters. The first kappa shape index (κ1) is 10.5. The lowest BCUT2D eigenvalue weighted by molar-refractivity contribution is 0.283. The molecule has 1 aliphatic rings. The van der Waals surface area contributed by atoms with Gasteiger partial charge in [0.05, 0.1) is 7.56 Å². The van der Waals surface area contributed by atoms with Gasteiger partial charge in [0.2, 0.25) is 0 Å². The molecule has 1 nitrogen and oxygen atoms in total. The Morgan fingerprint density at radius 1 is 1.18 bits per heavy atom. The van der Waals surface area contributed by atoms with Crippen LogP contribution in [0.1, 0.15) is 25.7 Å². The highest BCUT2D eigenvalue weighted by Crippen LogP contribution is 2.67. The van der Waals surface area contributed by atoms with Crippen LogP contribution >= 0.6 is 47.8 Å². The van der Waals surface area contributed by atoms with E-state index in [1.165, 1.54) is 0 Å². The minimum Gasteiger partial charge on any atom is -0.396 e. The zero-order valence-corrected chi connectivity index (χ0v) is 10.9. The number of rotatable bonds is 4. The molecule has 1 unspecified atom stereocenters. The molecule has 1 N–H and O–H groups in total. The largest absolute Gasteiger partial charge is 0.396 e. The maximum Gasteiger partial charge on any atom is 0.0972 e. The van der Waals surface area contributed by atoms with Crippen LogP contribution in [0.5, 0.6) is 0 Å². The molecule has 0 amide bonds. The highest BCUT2D eigenvalue weighted by molar-refractivity contribution is 9.26. The Morgan fingerprint density at radius 3 is 2.09 bits per heavy atom. The average molecular weight is 351 g/mol. The van der Waals surface area contributed by atoms with Crippen LogP contribution in [0.4, 0.5) is 0 Å². The van der Waals surface area contributed by atoms with E-state index in [0.29, 0.717) is 6.61 Å². The van der Waals surface area contributed by atoms with Crippen molar-refractivity contribution in [2.75, 3.05) is 6.61 Å². The van der Waals surface area contributed by atoms with Crippen molar-refractivity contribution in [1.82, 2.24) is 0 Å². The first-order valence-electron chi connectivity index (χ1n) is 3.69. The number of alkyl halides is 3. The molecule has 0 spiro atoms. The summed E-state index contributed by atoms with van der Waals surface area (Å²) in [6, 6.07) is 0. The van der Waals surface area contributed by atoms with Crippen molar-refractivity contribution in [1.29, 1.82) is 0 Å². The molecule has 4 heteroatoms. The van der Waals surface area contributed by atoms with Gasteiger partial charge in [-0.25, -0.2) is 0 Å². The molecule has 1 saturated carbocycles. The Balaban J connectivity index is 2.18. The maximum atomic E-state index is 8.57. The quantitative estimate of drug-likeness (QED) is 0.610. The lowest BCUT2D eigenvalue weighted by Crippen LogP contribution is -2.06. The third-order valence-corrected chi connectivity index (χ3v) is 6.51. The van der Waals surface area contributed by atoms with Crippen molar-refractivity contribution in [2.24, 2.45) is 0 Å². The van der Waals surface area contributed by atoms with E-state index >= 15 is 0 Å². The van der Waals surface area contributed by atoms with Gasteiger partial charge < -0.3 is 5.11 Å². The highest BCUT2D eigenvalue weighted by Gasteiger charge is 2.62. The Morgan fingerprint density at radius 2 is 1.73 bits per heavy atom. The molecule has 1 aliphatic carbocycles. The Hall–Kier alpha value is 1.40. The molecule has 11 heavy (non-hydrogen) atoms. The van der Waals surface area contributed by atoms with Crippen molar-refractivity contribution in [3.8, 4) is 0 Å². The molecule has 0 heterocycles. The van der Waals surface area contributed by atoms with Gasteiger partial charge in [-0.3, -0.25) is 0 Å². The smallest absolute Gasteiger partial charge is 0.0972 e. The number of hydrogen-bond donors (Lipinski definition) is 1. The molecule has 0 aromatic heterocycles. The predicted octanol–water partition coefficient (Wildman–Crippen LogP) is 3.17. The minimum absolute atomic E-state index is 0.114. The van der Waals surface area contributed by atoms with Crippen LogP contribution in [0, 0.1) is 0 Å². The van der Waals surface area contributed by atoms with Crippen LogP contribution in [0.2, 0.25) is 0 Å². The van der Waals surface area contributed by atoms with Crippen molar-refractivity contribution in [3.63, 3.8) is 0 Å². The van der Waals surface area contributed by atoms with Crippen molar-refractivity contribution >= 4 is 47.8 Å². The molecular formula is C7H11Br3O. The van der Waals surface area contributed by atoms with Gasteiger partial charge in [0, 0.05) is 6.61 Å². The topological polar surface area (TPSA) is 20.2 Å². The van der Waals surface area contributed by atoms with Gasteiger partial charge in [-0.2, -0.15) is 0 Å². The Kier molecular flexibility index (Phi) is 3.47. The standard InChI is InChI=1S/C7H11Br3O/c8-6(3-1-2-4-11)5-7(6,9)10/h11H,1-5H2. The van der Waals surface area contributed by atoms with Gasteiger partial charge in [0.15, 0.2) is 0 Å². The second kappa shape index (κ2) is 3.64. The Bertz CT molecular complexity index is 149. The zero-order valence-electron chi connectivity index (χ0n) is 6.12. The van der Waals surface area contributed by atoms with Crippen LogP contribution in [-0.2, 0) is 0 Å². The molecular weight excluding hydrogens is 340 g/mol. The molecule has 0 radical (unpaired) electrons. The zero-order chi connectivity index (χ0) is 8.54. The summed E-state index contributed by atoms with van der Waals surface area (Å²) in [7, 11) is 0. The van der Waals surface area contributed by atoms with Crippen molar-refractivity contribution < 1.29 is 5.11 Å². The summed E-state index contributed by atoms with van der Waals surface area (Å²) in [6.07, 6.45) is 4.22. The maximum absolute atomic E-state index is 8.57. The second-order valence-corrected chi connectivity index (χ2v) is 8.32. The van der Waals surface area contributed by atoms with Crippen LogP contribution in [0.25, 0.3) is 0 Å². The molecule has 0 saturated heterocycles. The van der Waals surface area contributed by atoms with Crippen LogP contribution in [0.3, 0.4) is 0 Å². The summed E-state index contributed by atoms with van der Waals surface area (Å²) in [5, 5.41) is 8.57. The summed E-state index contributed by atoms with van der Waals surface area (Å²) in [5.41, 5.74) is 0. The van der Waals surface area contributed by atoms with Gasteiger partial charge in [0.25, 0.3) is 0 Å². The fraction of sp³-hybridized carbons (Fsp3) is 1.00. The molecule has 0 bridgehead atoms. The fourth-order valence-electron chi connectivity index (χ4n) is 1.10. The SMILES string of the molecule is OCCCCC1(Br)CC1(Br)Br. The summed E-state index contributed by atoms with van der Waals surface area (Å²) in [6.45, 7) is 0.306. The van der Waals surface area contributed by atoms with E-state index in [4.69, 9.17) is 5.11 Å². The second-order valence-electron chi connectivity index (χ2n) is 3.03. The fourth-order valence-corrected chi connectivity index (χ4v) is 3.90. The molecule has 1 fully saturated rings. The van der Waals surface area contributed by atoms with E-state index in [9.17, 15) is 0 Å². The Labute approximate surface area is 92.3 Å². The monoisotopic (exact) mass is 348 g/mol. The molecule has 1 rings (SSSR count). The van der Waals surface area contributed by atoms with Gasteiger partial charge >= 0.3 is 0 Å². The number of unbranched alkanes of at least 4 members (excludes halogenated alkanes) is 1. The van der Waals surface area contributed by atoms with Crippen molar-refractivity contribution in [3.05, 3.63) is 0 Å². The summed E-state index contributed by atoms with van der Waals surface area (Å²) in [4.78, 5) is 0.